The molecule has 0 aliphatic heterocycles. The molecule has 0 aromatic rings. The summed E-state index contributed by atoms with van der Waals surface area (Å²) in [5, 5.41) is 33.9. The van der Waals surface area contributed by atoms with Crippen LogP contribution in [-0.4, -0.2) is 52.8 Å². The van der Waals surface area contributed by atoms with Gasteiger partial charge in [-0.2, -0.15) is 0 Å². The molecule has 0 bridgehead atoms. The van der Waals surface area contributed by atoms with Gasteiger partial charge in [0.05, 0.1) is 24.9 Å². The number of hydrogen-bond donors (Lipinski definition) is 4. The van der Waals surface area contributed by atoms with Crippen LogP contribution in [0.5, 0.6) is 0 Å². The maximum absolute atomic E-state index is 11.7. The van der Waals surface area contributed by atoms with E-state index in [-0.39, 0.29) is 47.2 Å². The summed E-state index contributed by atoms with van der Waals surface area (Å²) in [5.74, 6) is 1.52. The smallest absolute Gasteiger partial charge is 0.305 e. The van der Waals surface area contributed by atoms with E-state index in [1.54, 1.807) is 0 Å². The molecule has 6 heteroatoms. The SMILES string of the molecule is COC(=O)CC[C@@H](C)[C@H]1CC[C@H]2[C@@H]3[C@H](O)C[C@@H]4C[C@](O)(CN)CC[C@]4(C)[C@H]3C[C@H](O)[C@]12C. The molecule has 4 aliphatic carbocycles. The molecule has 0 saturated heterocycles. The lowest BCUT2D eigenvalue weighted by Gasteiger charge is -2.64. The highest BCUT2D eigenvalue weighted by Gasteiger charge is 2.66. The number of methoxy groups -OCH3 is 1. The summed E-state index contributed by atoms with van der Waals surface area (Å²) < 4.78 is 4.84. The predicted molar refractivity (Wildman–Crippen MR) is 122 cm³/mol. The third-order valence-corrected chi connectivity index (χ3v) is 11.1. The third kappa shape index (κ3) is 3.64. The molecule has 6 nitrogen and oxygen atoms in total. The van der Waals surface area contributed by atoms with Crippen molar-refractivity contribution in [3.8, 4) is 0 Å². The van der Waals surface area contributed by atoms with E-state index in [0.717, 1.165) is 38.5 Å². The second kappa shape index (κ2) is 8.51. The lowest BCUT2D eigenvalue weighted by Crippen LogP contribution is -2.63. The largest absolute Gasteiger partial charge is 0.469 e. The van der Waals surface area contributed by atoms with Crippen molar-refractivity contribution in [2.45, 2.75) is 96.4 Å². The van der Waals surface area contributed by atoms with Gasteiger partial charge in [-0.3, -0.25) is 4.79 Å². The van der Waals surface area contributed by atoms with Crippen molar-refractivity contribution in [3.05, 3.63) is 0 Å². The zero-order chi connectivity index (χ0) is 23.5. The van der Waals surface area contributed by atoms with Crippen LogP contribution in [0, 0.1) is 46.3 Å². The van der Waals surface area contributed by atoms with Crippen molar-refractivity contribution in [2.24, 2.45) is 52.1 Å². The Balaban J connectivity index is 1.57. The molecule has 0 radical (unpaired) electrons. The second-order valence-corrected chi connectivity index (χ2v) is 12.3. The quantitative estimate of drug-likeness (QED) is 0.478. The normalized spacial score (nSPS) is 51.3. The Morgan fingerprint density at radius 2 is 1.88 bits per heavy atom. The Kier molecular flexibility index (Phi) is 6.50. The molecule has 11 atom stereocenters. The number of aliphatic hydroxyl groups excluding tert-OH is 2. The molecule has 0 amide bonds. The maximum Gasteiger partial charge on any atom is 0.305 e. The lowest BCUT2D eigenvalue weighted by molar-refractivity contribution is -0.214. The summed E-state index contributed by atoms with van der Waals surface area (Å²) >= 11 is 0. The summed E-state index contributed by atoms with van der Waals surface area (Å²) in [6.45, 7) is 7.08. The molecule has 0 unspecified atom stereocenters. The summed E-state index contributed by atoms with van der Waals surface area (Å²) in [5.41, 5.74) is 4.88. The van der Waals surface area contributed by atoms with Crippen molar-refractivity contribution in [1.82, 2.24) is 0 Å². The first-order chi connectivity index (χ1) is 15.0. The second-order valence-electron chi connectivity index (χ2n) is 12.3. The van der Waals surface area contributed by atoms with Gasteiger partial charge in [-0.1, -0.05) is 20.8 Å². The molecule has 5 N–H and O–H groups in total. The molecule has 4 saturated carbocycles. The Hall–Kier alpha value is -0.690. The van der Waals surface area contributed by atoms with Gasteiger partial charge in [-0.25, -0.2) is 0 Å². The van der Waals surface area contributed by atoms with Crippen LogP contribution < -0.4 is 5.73 Å². The fourth-order valence-electron chi connectivity index (χ4n) is 9.06. The minimum Gasteiger partial charge on any atom is -0.469 e. The molecule has 0 heterocycles. The Bertz CT molecular complexity index is 716. The van der Waals surface area contributed by atoms with Gasteiger partial charge in [-0.15, -0.1) is 0 Å². The van der Waals surface area contributed by atoms with Gasteiger partial charge in [0.15, 0.2) is 0 Å². The van der Waals surface area contributed by atoms with E-state index in [4.69, 9.17) is 10.5 Å². The summed E-state index contributed by atoms with van der Waals surface area (Å²) in [6.07, 6.45) is 6.22. The molecule has 0 aromatic heterocycles. The fraction of sp³-hybridized carbons (Fsp3) is 0.962. The van der Waals surface area contributed by atoms with Crippen LogP contribution in [-0.2, 0) is 9.53 Å². The maximum atomic E-state index is 11.7. The predicted octanol–water partition coefficient (Wildman–Crippen LogP) is 2.87. The number of nitrogens with two attached hydrogens (primary N) is 1. The number of esters is 1. The van der Waals surface area contributed by atoms with E-state index in [0.29, 0.717) is 37.0 Å². The van der Waals surface area contributed by atoms with E-state index >= 15 is 0 Å². The van der Waals surface area contributed by atoms with E-state index in [1.807, 2.05) is 0 Å². The standard InChI is InChI=1S/C26H45NO5/c1-15(5-8-22(30)32-4)17-6-7-18-23-19(12-21(29)25(17,18)3)24(2)9-10-26(31,14-27)13-16(24)11-20(23)28/h15-21,23,28-29,31H,5-14,27H2,1-4H3/t15-,16-,17-,18+,19+,20-,21+,23+,24+,25-,26+/m1/s1. The average molecular weight is 452 g/mol. The van der Waals surface area contributed by atoms with Crippen LogP contribution in [0.15, 0.2) is 0 Å². The van der Waals surface area contributed by atoms with Crippen molar-refractivity contribution in [2.75, 3.05) is 13.7 Å². The molecule has 0 spiro atoms. The summed E-state index contributed by atoms with van der Waals surface area (Å²) in [7, 11) is 1.43. The first kappa shape index (κ1) is 24.4. The molecule has 4 aliphatic rings. The molecular weight excluding hydrogens is 406 g/mol. The number of carbonyl (C=O) groups is 1. The minimum atomic E-state index is -0.813. The topological polar surface area (TPSA) is 113 Å². The number of carbonyl (C=O) groups excluding carboxylic acids is 1. The fourth-order valence-corrected chi connectivity index (χ4v) is 9.06. The van der Waals surface area contributed by atoms with Crippen molar-refractivity contribution in [3.63, 3.8) is 0 Å². The van der Waals surface area contributed by atoms with Crippen LogP contribution in [0.4, 0.5) is 0 Å². The van der Waals surface area contributed by atoms with Crippen LogP contribution in [0.2, 0.25) is 0 Å². The first-order valence-corrected chi connectivity index (χ1v) is 12.9. The highest BCUT2D eigenvalue weighted by Crippen LogP contribution is 2.68. The van der Waals surface area contributed by atoms with Crippen molar-refractivity contribution >= 4 is 5.97 Å². The molecule has 184 valence electrons. The molecular formula is C26H45NO5. The molecule has 0 aromatic carbocycles. The van der Waals surface area contributed by atoms with E-state index < -0.39 is 11.7 Å². The highest BCUT2D eigenvalue weighted by atomic mass is 16.5. The molecule has 4 fully saturated rings. The van der Waals surface area contributed by atoms with Crippen molar-refractivity contribution < 1.29 is 24.9 Å². The van der Waals surface area contributed by atoms with Gasteiger partial charge in [0.1, 0.15) is 0 Å². The molecule has 32 heavy (non-hydrogen) atoms. The lowest BCUT2D eigenvalue weighted by atomic mass is 9.42. The first-order valence-electron chi connectivity index (χ1n) is 12.9. The summed E-state index contributed by atoms with van der Waals surface area (Å²) in [6, 6.07) is 0. The Morgan fingerprint density at radius 3 is 2.53 bits per heavy atom. The molecule has 4 rings (SSSR count). The Morgan fingerprint density at radius 1 is 1.16 bits per heavy atom. The number of aliphatic hydroxyl groups is 3. The van der Waals surface area contributed by atoms with Crippen LogP contribution in [0.1, 0.15) is 78.6 Å². The van der Waals surface area contributed by atoms with Crippen LogP contribution in [0.25, 0.3) is 0 Å². The number of ether oxygens (including phenoxy) is 1. The van der Waals surface area contributed by atoms with Gasteiger partial charge < -0.3 is 25.8 Å². The van der Waals surface area contributed by atoms with Gasteiger partial charge >= 0.3 is 5.97 Å². The minimum absolute atomic E-state index is 0.0300. The number of fused-ring (bicyclic) bond motifs is 5. The van der Waals surface area contributed by atoms with E-state index in [2.05, 4.69) is 20.8 Å². The monoisotopic (exact) mass is 451 g/mol. The highest BCUT2D eigenvalue weighted by molar-refractivity contribution is 5.69. The van der Waals surface area contributed by atoms with Gasteiger partial charge in [0.2, 0.25) is 0 Å². The number of rotatable bonds is 5. The van der Waals surface area contributed by atoms with Gasteiger partial charge in [0.25, 0.3) is 0 Å². The van der Waals surface area contributed by atoms with Crippen LogP contribution >= 0.6 is 0 Å². The zero-order valence-corrected chi connectivity index (χ0v) is 20.4. The zero-order valence-electron chi connectivity index (χ0n) is 20.4. The van der Waals surface area contributed by atoms with Gasteiger partial charge in [-0.05, 0) is 97.7 Å². The Labute approximate surface area is 193 Å². The third-order valence-electron chi connectivity index (χ3n) is 11.1. The van der Waals surface area contributed by atoms with E-state index in [9.17, 15) is 20.1 Å². The van der Waals surface area contributed by atoms with Crippen LogP contribution in [0.3, 0.4) is 0 Å². The average Bonchev–Trinajstić information content (AvgIpc) is 3.12. The van der Waals surface area contributed by atoms with Crippen molar-refractivity contribution in [1.29, 1.82) is 0 Å². The number of hydrogen-bond acceptors (Lipinski definition) is 6. The summed E-state index contributed by atoms with van der Waals surface area (Å²) in [4.78, 5) is 11.7. The van der Waals surface area contributed by atoms with E-state index in [1.165, 1.54) is 7.11 Å². The van der Waals surface area contributed by atoms with Gasteiger partial charge in [0, 0.05) is 13.0 Å².